The van der Waals surface area contributed by atoms with Crippen LogP contribution in [0.2, 0.25) is 0 Å². The number of benzene rings is 3. The van der Waals surface area contributed by atoms with Gasteiger partial charge in [-0.05, 0) is 56.2 Å². The Morgan fingerprint density at radius 3 is 1.29 bits per heavy atom. The van der Waals surface area contributed by atoms with Crippen LogP contribution in [-0.4, -0.2) is 5.11 Å². The van der Waals surface area contributed by atoms with Crippen LogP contribution in [0.3, 0.4) is 0 Å². The minimum absolute atomic E-state index is 0.0233. The van der Waals surface area contributed by atoms with Crippen molar-refractivity contribution in [3.63, 3.8) is 0 Å². The summed E-state index contributed by atoms with van der Waals surface area (Å²) in [6.07, 6.45) is 0. The Labute approximate surface area is 189 Å². The van der Waals surface area contributed by atoms with E-state index in [-0.39, 0.29) is 16.2 Å². The molecule has 0 heterocycles. The number of rotatable bonds is 2. The molecule has 3 rings (SSSR count). The molecule has 0 aromatic heterocycles. The van der Waals surface area contributed by atoms with E-state index in [2.05, 4.69) is 105 Å². The normalized spacial score (nSPS) is 12.8. The first-order valence-corrected chi connectivity index (χ1v) is 11.3. The number of hydrogen-bond donors (Lipinski definition) is 1. The van der Waals surface area contributed by atoms with Gasteiger partial charge in [-0.25, -0.2) is 0 Å². The summed E-state index contributed by atoms with van der Waals surface area (Å²) in [6.45, 7) is 20.2. The van der Waals surface area contributed by atoms with Gasteiger partial charge < -0.3 is 5.11 Å². The van der Waals surface area contributed by atoms with Crippen molar-refractivity contribution in [2.45, 2.75) is 78.6 Å². The number of phenolic OH excluding ortho intramolecular Hbond substituents is 1. The highest BCUT2D eigenvalue weighted by Gasteiger charge is 2.24. The predicted molar refractivity (Wildman–Crippen MR) is 135 cm³/mol. The lowest BCUT2D eigenvalue weighted by atomic mass is 9.77. The maximum absolute atomic E-state index is 11.5. The van der Waals surface area contributed by atoms with Crippen LogP contribution in [0.4, 0.5) is 0 Å². The summed E-state index contributed by atoms with van der Waals surface area (Å²) in [5, 5.41) is 11.5. The van der Waals surface area contributed by atoms with Gasteiger partial charge in [-0.2, -0.15) is 0 Å². The van der Waals surface area contributed by atoms with E-state index in [1.165, 1.54) is 16.7 Å². The van der Waals surface area contributed by atoms with Gasteiger partial charge in [0.25, 0.3) is 0 Å². The summed E-state index contributed by atoms with van der Waals surface area (Å²) >= 11 is 0. The highest BCUT2D eigenvalue weighted by molar-refractivity contribution is 5.83. The molecular formula is C30H38O. The second kappa shape index (κ2) is 7.86. The number of aromatic hydroxyl groups is 1. The fourth-order valence-corrected chi connectivity index (χ4v) is 3.77. The zero-order valence-corrected chi connectivity index (χ0v) is 20.7. The van der Waals surface area contributed by atoms with Crippen LogP contribution in [-0.2, 0) is 16.2 Å². The third-order valence-corrected chi connectivity index (χ3v) is 6.04. The molecule has 0 atom stereocenters. The molecule has 3 aromatic rings. The van der Waals surface area contributed by atoms with E-state index >= 15 is 0 Å². The Morgan fingerprint density at radius 1 is 0.484 bits per heavy atom. The largest absolute Gasteiger partial charge is 0.507 e. The Bertz CT molecular complexity index is 1040. The molecular weight excluding hydrogens is 376 g/mol. The van der Waals surface area contributed by atoms with Gasteiger partial charge in [0.15, 0.2) is 0 Å². The van der Waals surface area contributed by atoms with E-state index < -0.39 is 0 Å². The Kier molecular flexibility index (Phi) is 5.86. The lowest BCUT2D eigenvalue weighted by Gasteiger charge is -2.27. The molecule has 1 nitrogen and oxygen atoms in total. The van der Waals surface area contributed by atoms with Crippen molar-refractivity contribution in [2.75, 3.05) is 0 Å². The molecule has 0 bridgehead atoms. The average molecular weight is 415 g/mol. The van der Waals surface area contributed by atoms with Crippen LogP contribution in [0.5, 0.6) is 5.75 Å². The molecule has 0 amide bonds. The van der Waals surface area contributed by atoms with Crippen molar-refractivity contribution in [1.29, 1.82) is 0 Å². The molecule has 0 aliphatic heterocycles. The standard InChI is InChI=1S/C30H38O/c1-28(2,3)22-15-21(16-23(17-22)29(4,5)6)26-19-24(30(7,8)9)18-25(27(26)31)20-13-11-10-12-14-20/h10-19,31H,1-9H3. The van der Waals surface area contributed by atoms with Crippen LogP contribution in [0, 0.1) is 0 Å². The third kappa shape index (κ3) is 5.03. The van der Waals surface area contributed by atoms with Gasteiger partial charge in [-0.15, -0.1) is 0 Å². The molecule has 0 unspecified atom stereocenters. The second-order valence-electron chi connectivity index (χ2n) is 11.8. The second-order valence-corrected chi connectivity index (χ2v) is 11.8. The minimum Gasteiger partial charge on any atom is -0.507 e. The van der Waals surface area contributed by atoms with E-state index in [1.54, 1.807) is 0 Å². The van der Waals surface area contributed by atoms with Gasteiger partial charge in [0, 0.05) is 11.1 Å². The zero-order chi connectivity index (χ0) is 23.2. The third-order valence-electron chi connectivity index (χ3n) is 6.04. The lowest BCUT2D eigenvalue weighted by Crippen LogP contribution is -2.16. The molecule has 0 aliphatic rings. The average Bonchev–Trinajstić information content (AvgIpc) is 2.66. The maximum atomic E-state index is 11.5. The van der Waals surface area contributed by atoms with Crippen LogP contribution in [0.25, 0.3) is 22.3 Å². The molecule has 0 aliphatic carbocycles. The first kappa shape index (κ1) is 23.1. The molecule has 0 fully saturated rings. The van der Waals surface area contributed by atoms with Crippen LogP contribution in [0.15, 0.2) is 60.7 Å². The molecule has 0 spiro atoms. The molecule has 1 N–H and O–H groups in total. The van der Waals surface area contributed by atoms with Gasteiger partial charge in [0.05, 0.1) is 0 Å². The van der Waals surface area contributed by atoms with Crippen molar-refractivity contribution in [1.82, 2.24) is 0 Å². The first-order valence-electron chi connectivity index (χ1n) is 11.3. The maximum Gasteiger partial charge on any atom is 0.131 e. The summed E-state index contributed by atoms with van der Waals surface area (Å²) in [4.78, 5) is 0. The molecule has 3 aromatic carbocycles. The molecule has 0 radical (unpaired) electrons. The molecule has 31 heavy (non-hydrogen) atoms. The highest BCUT2D eigenvalue weighted by atomic mass is 16.3. The summed E-state index contributed by atoms with van der Waals surface area (Å²) in [5.41, 5.74) is 7.73. The quantitative estimate of drug-likeness (QED) is 0.445. The molecule has 164 valence electrons. The van der Waals surface area contributed by atoms with Crippen LogP contribution >= 0.6 is 0 Å². The SMILES string of the molecule is CC(C)(C)c1cc(-c2cc(C(C)(C)C)cc(-c3ccccc3)c2O)cc(C(C)(C)C)c1. The summed E-state index contributed by atoms with van der Waals surface area (Å²) < 4.78 is 0. The fourth-order valence-electron chi connectivity index (χ4n) is 3.77. The summed E-state index contributed by atoms with van der Waals surface area (Å²) in [6, 6.07) is 21.4. The van der Waals surface area contributed by atoms with Gasteiger partial charge in [-0.1, -0.05) is 111 Å². The van der Waals surface area contributed by atoms with Crippen molar-refractivity contribution in [3.05, 3.63) is 77.4 Å². The number of phenols is 1. The Hall–Kier alpha value is -2.54. The predicted octanol–water partition coefficient (Wildman–Crippen LogP) is 8.62. The fraction of sp³-hybridized carbons (Fsp3) is 0.400. The van der Waals surface area contributed by atoms with Crippen LogP contribution < -0.4 is 0 Å². The highest BCUT2D eigenvalue weighted by Crippen LogP contribution is 2.43. The van der Waals surface area contributed by atoms with Gasteiger partial charge in [0.1, 0.15) is 5.75 Å². The first-order chi connectivity index (χ1) is 14.2. The van der Waals surface area contributed by atoms with Crippen molar-refractivity contribution < 1.29 is 5.11 Å². The van der Waals surface area contributed by atoms with Gasteiger partial charge in [-0.3, -0.25) is 0 Å². The van der Waals surface area contributed by atoms with Gasteiger partial charge in [0.2, 0.25) is 0 Å². The van der Waals surface area contributed by atoms with E-state index in [0.29, 0.717) is 5.75 Å². The number of hydrogen-bond acceptors (Lipinski definition) is 1. The Balaban J connectivity index is 2.37. The van der Waals surface area contributed by atoms with E-state index in [1.807, 2.05) is 18.2 Å². The van der Waals surface area contributed by atoms with Crippen LogP contribution in [0.1, 0.15) is 79.0 Å². The molecule has 1 heteroatoms. The van der Waals surface area contributed by atoms with E-state index in [9.17, 15) is 5.11 Å². The van der Waals surface area contributed by atoms with Gasteiger partial charge >= 0.3 is 0 Å². The van der Waals surface area contributed by atoms with E-state index in [4.69, 9.17) is 0 Å². The summed E-state index contributed by atoms with van der Waals surface area (Å²) in [7, 11) is 0. The van der Waals surface area contributed by atoms with Crippen molar-refractivity contribution >= 4 is 0 Å². The monoisotopic (exact) mass is 414 g/mol. The smallest absolute Gasteiger partial charge is 0.131 e. The molecule has 0 saturated carbocycles. The Morgan fingerprint density at radius 2 is 0.871 bits per heavy atom. The van der Waals surface area contributed by atoms with Crippen molar-refractivity contribution in [3.8, 4) is 28.0 Å². The van der Waals surface area contributed by atoms with Crippen molar-refractivity contribution in [2.24, 2.45) is 0 Å². The zero-order valence-electron chi connectivity index (χ0n) is 20.7. The summed E-state index contributed by atoms with van der Waals surface area (Å²) in [5.74, 6) is 0.352. The molecule has 0 saturated heterocycles. The van der Waals surface area contributed by atoms with E-state index in [0.717, 1.165) is 22.3 Å². The topological polar surface area (TPSA) is 20.2 Å². The minimum atomic E-state index is -0.0273. The lowest BCUT2D eigenvalue weighted by molar-refractivity contribution is 0.478.